The van der Waals surface area contributed by atoms with E-state index in [9.17, 15) is 14.7 Å². The molecule has 0 fully saturated rings. The molecule has 16 heavy (non-hydrogen) atoms. The zero-order valence-corrected chi connectivity index (χ0v) is 9.98. The van der Waals surface area contributed by atoms with Gasteiger partial charge in [-0.2, -0.15) is 0 Å². The van der Waals surface area contributed by atoms with E-state index in [2.05, 4.69) is 21.2 Å². The summed E-state index contributed by atoms with van der Waals surface area (Å²) in [6.07, 6.45) is 0. The number of aromatic hydroxyl groups is 1. The van der Waals surface area contributed by atoms with Crippen molar-refractivity contribution in [1.82, 2.24) is 5.32 Å². The number of benzene rings is 1. The minimum absolute atomic E-state index is 0.0382. The van der Waals surface area contributed by atoms with Crippen LogP contribution in [0.15, 0.2) is 22.7 Å². The van der Waals surface area contributed by atoms with Crippen molar-refractivity contribution >= 4 is 27.8 Å². The van der Waals surface area contributed by atoms with Gasteiger partial charge in [-0.25, -0.2) is 0 Å². The lowest BCUT2D eigenvalue weighted by Gasteiger charge is -2.10. The predicted octanol–water partition coefficient (Wildman–Crippen LogP) is 1.36. The van der Waals surface area contributed by atoms with Gasteiger partial charge in [-0.15, -0.1) is 0 Å². The summed E-state index contributed by atoms with van der Waals surface area (Å²) in [7, 11) is 0. The topological polar surface area (TPSA) is 86.6 Å². The van der Waals surface area contributed by atoms with Crippen LogP contribution < -0.4 is 5.32 Å². The van der Waals surface area contributed by atoms with Crippen LogP contribution in [0.4, 0.5) is 0 Å². The van der Waals surface area contributed by atoms with Gasteiger partial charge in [0.15, 0.2) is 0 Å². The summed E-state index contributed by atoms with van der Waals surface area (Å²) in [6.45, 7) is 1.34. The molecule has 3 N–H and O–H groups in total. The van der Waals surface area contributed by atoms with Gasteiger partial charge < -0.3 is 15.5 Å². The summed E-state index contributed by atoms with van der Waals surface area (Å²) in [4.78, 5) is 22.1. The number of aliphatic carboxylic acids is 1. The zero-order chi connectivity index (χ0) is 12.3. The summed E-state index contributed by atoms with van der Waals surface area (Å²) in [5.74, 6) is -1.96. The number of hydrogen-bond donors (Lipinski definition) is 3. The average Bonchev–Trinajstić information content (AvgIpc) is 2.16. The lowest BCUT2D eigenvalue weighted by atomic mass is 10.2. The Bertz CT molecular complexity index is 433. The van der Waals surface area contributed by atoms with Crippen molar-refractivity contribution in [3.8, 4) is 5.75 Å². The average molecular weight is 288 g/mol. The Kier molecular flexibility index (Phi) is 3.89. The lowest BCUT2D eigenvalue weighted by Crippen LogP contribution is -2.38. The first-order chi connectivity index (χ1) is 7.41. The van der Waals surface area contributed by atoms with Crippen LogP contribution in [0.2, 0.25) is 0 Å². The molecule has 0 radical (unpaired) electrons. The van der Waals surface area contributed by atoms with E-state index in [1.807, 2.05) is 0 Å². The van der Waals surface area contributed by atoms with Crippen molar-refractivity contribution in [3.05, 3.63) is 28.2 Å². The molecule has 0 spiro atoms. The number of rotatable bonds is 3. The van der Waals surface area contributed by atoms with Crippen molar-refractivity contribution in [2.45, 2.75) is 13.0 Å². The number of carbonyl (C=O) groups is 2. The molecule has 5 nitrogen and oxygen atoms in total. The molecule has 0 aromatic heterocycles. The van der Waals surface area contributed by atoms with Crippen molar-refractivity contribution < 1.29 is 19.8 Å². The van der Waals surface area contributed by atoms with E-state index >= 15 is 0 Å². The Morgan fingerprint density at radius 3 is 2.56 bits per heavy atom. The molecule has 0 heterocycles. The fourth-order valence-electron chi connectivity index (χ4n) is 1.03. The number of carboxylic acid groups (broad SMARTS) is 1. The van der Waals surface area contributed by atoms with Gasteiger partial charge in [0.05, 0.1) is 5.56 Å². The second-order valence-electron chi connectivity index (χ2n) is 3.19. The number of nitrogens with one attached hydrogen (secondary N) is 1. The van der Waals surface area contributed by atoms with Gasteiger partial charge >= 0.3 is 5.97 Å². The third-order valence-corrected chi connectivity index (χ3v) is 2.42. The molecule has 1 atom stereocenters. The molecular formula is C10H10BrNO4. The van der Waals surface area contributed by atoms with Gasteiger partial charge in [0.2, 0.25) is 0 Å². The number of hydrogen-bond acceptors (Lipinski definition) is 3. The smallest absolute Gasteiger partial charge is 0.325 e. The summed E-state index contributed by atoms with van der Waals surface area (Å²) < 4.78 is 0.632. The van der Waals surface area contributed by atoms with Crippen LogP contribution >= 0.6 is 15.9 Å². The molecule has 0 aliphatic heterocycles. The Labute approximate surface area is 100 Å². The first-order valence-electron chi connectivity index (χ1n) is 4.44. The maximum absolute atomic E-state index is 11.5. The normalized spacial score (nSPS) is 11.9. The molecule has 0 bridgehead atoms. The molecule has 1 aromatic carbocycles. The third kappa shape index (κ3) is 2.96. The monoisotopic (exact) mass is 287 g/mol. The molecule has 86 valence electrons. The molecule has 1 aromatic rings. The lowest BCUT2D eigenvalue weighted by molar-refractivity contribution is -0.138. The van der Waals surface area contributed by atoms with Gasteiger partial charge in [-0.05, 0) is 25.1 Å². The highest BCUT2D eigenvalue weighted by Gasteiger charge is 2.17. The van der Waals surface area contributed by atoms with E-state index in [0.717, 1.165) is 0 Å². The summed E-state index contributed by atoms with van der Waals surface area (Å²) in [6, 6.07) is 3.35. The van der Waals surface area contributed by atoms with E-state index in [4.69, 9.17) is 5.11 Å². The molecule has 0 saturated carbocycles. The molecule has 0 aliphatic rings. The number of phenolic OH excluding ortho intramolecular Hbond substituents is 1. The first-order valence-corrected chi connectivity index (χ1v) is 5.23. The summed E-state index contributed by atoms with van der Waals surface area (Å²) >= 11 is 3.13. The van der Waals surface area contributed by atoms with E-state index < -0.39 is 17.9 Å². The molecule has 0 saturated heterocycles. The zero-order valence-electron chi connectivity index (χ0n) is 8.40. The van der Waals surface area contributed by atoms with Gasteiger partial charge in [0.1, 0.15) is 11.8 Å². The molecule has 6 heteroatoms. The van der Waals surface area contributed by atoms with Gasteiger partial charge in [-0.1, -0.05) is 15.9 Å². The Balaban J connectivity index is 2.85. The molecular weight excluding hydrogens is 278 g/mol. The van der Waals surface area contributed by atoms with Crippen LogP contribution in [0, 0.1) is 0 Å². The van der Waals surface area contributed by atoms with E-state index in [1.165, 1.54) is 19.1 Å². The highest BCUT2D eigenvalue weighted by atomic mass is 79.9. The number of carbonyl (C=O) groups excluding carboxylic acids is 1. The van der Waals surface area contributed by atoms with Gasteiger partial charge in [-0.3, -0.25) is 9.59 Å². The number of phenols is 1. The van der Waals surface area contributed by atoms with Gasteiger partial charge in [0, 0.05) is 4.47 Å². The standard InChI is InChI=1S/C10H10BrNO4/c1-5(10(15)16)12-9(14)7-3-2-6(11)4-8(7)13/h2-5,13H,1H3,(H,12,14)(H,15,16)/t5-/m1/s1. The molecule has 0 aliphatic carbocycles. The quantitative estimate of drug-likeness (QED) is 0.783. The number of carboxylic acids is 1. The Morgan fingerprint density at radius 2 is 2.06 bits per heavy atom. The van der Waals surface area contributed by atoms with Crippen LogP contribution in [-0.2, 0) is 4.79 Å². The highest BCUT2D eigenvalue weighted by Crippen LogP contribution is 2.22. The van der Waals surface area contributed by atoms with Crippen LogP contribution in [-0.4, -0.2) is 28.1 Å². The van der Waals surface area contributed by atoms with Crippen molar-refractivity contribution in [3.63, 3.8) is 0 Å². The van der Waals surface area contributed by atoms with Crippen molar-refractivity contribution in [2.75, 3.05) is 0 Å². The van der Waals surface area contributed by atoms with Gasteiger partial charge in [0.25, 0.3) is 5.91 Å². The fraction of sp³-hybridized carbons (Fsp3) is 0.200. The Hall–Kier alpha value is -1.56. The second-order valence-corrected chi connectivity index (χ2v) is 4.11. The molecule has 1 amide bonds. The van der Waals surface area contributed by atoms with Crippen LogP contribution in [0.25, 0.3) is 0 Å². The van der Waals surface area contributed by atoms with Crippen LogP contribution in [0.5, 0.6) is 5.75 Å². The van der Waals surface area contributed by atoms with E-state index in [0.29, 0.717) is 4.47 Å². The minimum atomic E-state index is -1.13. The highest BCUT2D eigenvalue weighted by molar-refractivity contribution is 9.10. The molecule has 1 rings (SSSR count). The number of halogens is 1. The largest absolute Gasteiger partial charge is 0.507 e. The Morgan fingerprint density at radius 1 is 1.44 bits per heavy atom. The maximum atomic E-state index is 11.5. The van der Waals surface area contributed by atoms with E-state index in [1.54, 1.807) is 6.07 Å². The van der Waals surface area contributed by atoms with Crippen LogP contribution in [0.1, 0.15) is 17.3 Å². The third-order valence-electron chi connectivity index (χ3n) is 1.92. The first kappa shape index (κ1) is 12.5. The summed E-state index contributed by atoms with van der Waals surface area (Å²) in [5.41, 5.74) is 0.0382. The maximum Gasteiger partial charge on any atom is 0.325 e. The minimum Gasteiger partial charge on any atom is -0.507 e. The predicted molar refractivity (Wildman–Crippen MR) is 60.4 cm³/mol. The van der Waals surface area contributed by atoms with Crippen LogP contribution in [0.3, 0.4) is 0 Å². The second kappa shape index (κ2) is 4.98. The SMILES string of the molecule is C[C@@H](NC(=O)c1ccc(Br)cc1O)C(=O)O. The fourth-order valence-corrected chi connectivity index (χ4v) is 1.38. The summed E-state index contributed by atoms with van der Waals surface area (Å²) in [5, 5.41) is 20.3. The van der Waals surface area contributed by atoms with Crippen molar-refractivity contribution in [1.29, 1.82) is 0 Å². The van der Waals surface area contributed by atoms with Crippen molar-refractivity contribution in [2.24, 2.45) is 0 Å². The number of amides is 1. The molecule has 0 unspecified atom stereocenters. The van der Waals surface area contributed by atoms with E-state index in [-0.39, 0.29) is 11.3 Å².